The van der Waals surface area contributed by atoms with Crippen LogP contribution in [-0.4, -0.2) is 30.8 Å². The fourth-order valence-corrected chi connectivity index (χ4v) is 1.30. The summed E-state index contributed by atoms with van der Waals surface area (Å²) in [5.74, 6) is 0.494. The average Bonchev–Trinajstić information content (AvgIpc) is 2.86. The molecule has 0 aromatic carbocycles. The lowest BCUT2D eigenvalue weighted by atomic mass is 10.4. The number of aryl methyl sites for hydroxylation is 1. The third-order valence-corrected chi connectivity index (χ3v) is 2.16. The Morgan fingerprint density at radius 2 is 2.28 bits per heavy atom. The number of nitrogens with two attached hydrogens (primary N) is 1. The van der Waals surface area contributed by atoms with Gasteiger partial charge in [-0.25, -0.2) is 9.97 Å². The highest BCUT2D eigenvalue weighted by Gasteiger charge is 2.12. The summed E-state index contributed by atoms with van der Waals surface area (Å²) in [5.41, 5.74) is 5.65. The summed E-state index contributed by atoms with van der Waals surface area (Å²) in [6, 6.07) is 0. The highest BCUT2D eigenvalue weighted by molar-refractivity contribution is 5.97. The summed E-state index contributed by atoms with van der Waals surface area (Å²) in [4.78, 5) is 7.93. The van der Waals surface area contributed by atoms with E-state index in [9.17, 15) is 0 Å². The highest BCUT2D eigenvalue weighted by atomic mass is 16.5. The zero-order chi connectivity index (χ0) is 13.0. The second kappa shape index (κ2) is 5.13. The number of nitrogens with zero attached hydrogens (tertiary/aromatic N) is 5. The predicted octanol–water partition coefficient (Wildman–Crippen LogP) is 0.580. The van der Waals surface area contributed by atoms with E-state index in [1.165, 1.54) is 12.4 Å². The Balaban J connectivity index is 2.28. The average molecular weight is 248 g/mol. The molecular formula is C10H12N6O2. The largest absolute Gasteiger partial charge is 0.434 e. The van der Waals surface area contributed by atoms with Crippen LogP contribution in [0.25, 0.3) is 0 Å². The van der Waals surface area contributed by atoms with Gasteiger partial charge in [-0.2, -0.15) is 5.10 Å². The number of ether oxygens (including phenoxy) is 1. The molecule has 0 aliphatic carbocycles. The fraction of sp³-hybridized carbons (Fsp3) is 0.200. The van der Waals surface area contributed by atoms with Crippen LogP contribution in [0.2, 0.25) is 0 Å². The Morgan fingerprint density at radius 3 is 2.94 bits per heavy atom. The molecule has 8 heteroatoms. The van der Waals surface area contributed by atoms with E-state index in [0.29, 0.717) is 5.75 Å². The van der Waals surface area contributed by atoms with Gasteiger partial charge in [0, 0.05) is 18.9 Å². The van der Waals surface area contributed by atoms with Crippen molar-refractivity contribution >= 4 is 5.84 Å². The van der Waals surface area contributed by atoms with Gasteiger partial charge in [0.2, 0.25) is 5.88 Å². The smallest absolute Gasteiger partial charge is 0.249 e. The van der Waals surface area contributed by atoms with Gasteiger partial charge in [-0.1, -0.05) is 5.16 Å². The van der Waals surface area contributed by atoms with E-state index >= 15 is 0 Å². The molecule has 0 spiro atoms. The maximum absolute atomic E-state index is 8.64. The van der Waals surface area contributed by atoms with Crippen molar-refractivity contribution in [3.63, 3.8) is 0 Å². The van der Waals surface area contributed by atoms with E-state index < -0.39 is 0 Å². The van der Waals surface area contributed by atoms with Crippen molar-refractivity contribution in [2.45, 2.75) is 13.5 Å². The molecule has 0 aliphatic rings. The van der Waals surface area contributed by atoms with Gasteiger partial charge in [-0.05, 0) is 6.92 Å². The van der Waals surface area contributed by atoms with E-state index in [1.54, 1.807) is 17.1 Å². The molecule has 2 aromatic rings. The third-order valence-electron chi connectivity index (χ3n) is 2.16. The van der Waals surface area contributed by atoms with E-state index in [2.05, 4.69) is 20.2 Å². The van der Waals surface area contributed by atoms with Crippen LogP contribution in [0.1, 0.15) is 12.6 Å². The van der Waals surface area contributed by atoms with Crippen LogP contribution < -0.4 is 10.5 Å². The summed E-state index contributed by atoms with van der Waals surface area (Å²) in [6.45, 7) is 2.69. The first-order chi connectivity index (χ1) is 8.74. The summed E-state index contributed by atoms with van der Waals surface area (Å²) in [7, 11) is 0. The van der Waals surface area contributed by atoms with Gasteiger partial charge in [0.15, 0.2) is 17.3 Å². The minimum absolute atomic E-state index is 0.156. The van der Waals surface area contributed by atoms with E-state index in [-0.39, 0.29) is 17.4 Å². The molecule has 18 heavy (non-hydrogen) atoms. The van der Waals surface area contributed by atoms with Gasteiger partial charge >= 0.3 is 0 Å². The van der Waals surface area contributed by atoms with Gasteiger partial charge in [0.1, 0.15) is 0 Å². The maximum Gasteiger partial charge on any atom is 0.249 e. The number of amidine groups is 1. The van der Waals surface area contributed by atoms with E-state index in [4.69, 9.17) is 15.7 Å². The quantitative estimate of drug-likeness (QED) is 0.354. The first-order valence-corrected chi connectivity index (χ1v) is 5.23. The van der Waals surface area contributed by atoms with Crippen molar-refractivity contribution in [2.75, 3.05) is 0 Å². The zero-order valence-corrected chi connectivity index (χ0v) is 9.69. The number of rotatable bonds is 4. The molecule has 2 heterocycles. The monoisotopic (exact) mass is 248 g/mol. The lowest BCUT2D eigenvalue weighted by Gasteiger charge is -2.05. The summed E-state index contributed by atoms with van der Waals surface area (Å²) in [5, 5.41) is 15.6. The second-order valence-electron chi connectivity index (χ2n) is 3.33. The zero-order valence-electron chi connectivity index (χ0n) is 9.69. The Morgan fingerprint density at radius 1 is 1.50 bits per heavy atom. The van der Waals surface area contributed by atoms with Gasteiger partial charge < -0.3 is 15.7 Å². The molecule has 0 atom stereocenters. The maximum atomic E-state index is 8.64. The Hall–Kier alpha value is -2.64. The van der Waals surface area contributed by atoms with Crippen molar-refractivity contribution in [1.82, 2.24) is 19.7 Å². The molecular weight excluding hydrogens is 236 g/mol. The topological polar surface area (TPSA) is 111 Å². The van der Waals surface area contributed by atoms with Gasteiger partial charge in [0.25, 0.3) is 0 Å². The minimum atomic E-state index is -0.166. The number of hydrogen-bond acceptors (Lipinski definition) is 6. The summed E-state index contributed by atoms with van der Waals surface area (Å²) < 4.78 is 7.19. The lowest BCUT2D eigenvalue weighted by molar-refractivity contribution is 0.318. The fourth-order valence-electron chi connectivity index (χ4n) is 1.30. The number of aromatic nitrogens is 4. The number of hydrogen-bond donors (Lipinski definition) is 2. The molecule has 0 aliphatic heterocycles. The van der Waals surface area contributed by atoms with Crippen LogP contribution in [-0.2, 0) is 6.54 Å². The van der Waals surface area contributed by atoms with Crippen molar-refractivity contribution in [1.29, 1.82) is 0 Å². The molecule has 94 valence electrons. The van der Waals surface area contributed by atoms with E-state index in [0.717, 1.165) is 6.54 Å². The lowest BCUT2D eigenvalue weighted by Crippen LogP contribution is -2.16. The molecule has 0 fully saturated rings. The normalized spacial score (nSPS) is 11.5. The van der Waals surface area contributed by atoms with Crippen molar-refractivity contribution in [2.24, 2.45) is 10.9 Å². The summed E-state index contributed by atoms with van der Waals surface area (Å²) in [6.07, 6.45) is 6.14. The van der Waals surface area contributed by atoms with Crippen molar-refractivity contribution in [3.8, 4) is 11.6 Å². The molecule has 0 amide bonds. The molecule has 2 rings (SSSR count). The molecule has 0 radical (unpaired) electrons. The van der Waals surface area contributed by atoms with Gasteiger partial charge in [-0.15, -0.1) is 0 Å². The van der Waals surface area contributed by atoms with Crippen LogP contribution in [0.3, 0.4) is 0 Å². The molecule has 2 aromatic heterocycles. The van der Waals surface area contributed by atoms with Crippen LogP contribution in [0, 0.1) is 0 Å². The minimum Gasteiger partial charge on any atom is -0.434 e. The Labute approximate surface area is 103 Å². The van der Waals surface area contributed by atoms with Crippen molar-refractivity contribution < 1.29 is 9.94 Å². The standard InChI is InChI=1S/C10H12N6O2/c1-2-16-6-7(5-14-16)18-10-8(9(11)15-17)12-3-4-13-10/h3-6,17H,2H2,1H3,(H2,11,15). The molecule has 0 bridgehead atoms. The molecule has 0 saturated heterocycles. The molecule has 8 nitrogen and oxygen atoms in total. The van der Waals surface area contributed by atoms with Crippen LogP contribution in [0.5, 0.6) is 11.6 Å². The summed E-state index contributed by atoms with van der Waals surface area (Å²) >= 11 is 0. The van der Waals surface area contributed by atoms with Crippen LogP contribution in [0.4, 0.5) is 0 Å². The van der Waals surface area contributed by atoms with E-state index in [1.807, 2.05) is 6.92 Å². The Kier molecular flexibility index (Phi) is 3.37. The number of oxime groups is 1. The first-order valence-electron chi connectivity index (χ1n) is 5.23. The molecule has 3 N–H and O–H groups in total. The van der Waals surface area contributed by atoms with Crippen LogP contribution in [0.15, 0.2) is 29.9 Å². The second-order valence-corrected chi connectivity index (χ2v) is 3.33. The predicted molar refractivity (Wildman–Crippen MR) is 62.5 cm³/mol. The molecule has 0 unspecified atom stereocenters. The highest BCUT2D eigenvalue weighted by Crippen LogP contribution is 2.20. The van der Waals surface area contributed by atoms with Gasteiger partial charge in [0.05, 0.1) is 12.4 Å². The third kappa shape index (κ3) is 2.37. The van der Waals surface area contributed by atoms with Gasteiger partial charge in [-0.3, -0.25) is 4.68 Å². The Bertz CT molecular complexity index is 565. The van der Waals surface area contributed by atoms with Crippen LogP contribution >= 0.6 is 0 Å². The first kappa shape index (κ1) is 11.8. The SMILES string of the molecule is CCn1cc(Oc2nccnc2/C(N)=N/O)cn1. The van der Waals surface area contributed by atoms with Crippen molar-refractivity contribution in [3.05, 3.63) is 30.5 Å². The molecule has 0 saturated carbocycles.